The Bertz CT molecular complexity index is 448. The van der Waals surface area contributed by atoms with Crippen LogP contribution in [0.2, 0.25) is 0 Å². The fraction of sp³-hybridized carbons (Fsp3) is 0.385. The minimum Gasteiger partial charge on any atom is -0.480 e. The number of carboxylic acids is 1. The van der Waals surface area contributed by atoms with Crippen molar-refractivity contribution in [1.29, 1.82) is 0 Å². The third-order valence-electron chi connectivity index (χ3n) is 2.67. The highest BCUT2D eigenvalue weighted by molar-refractivity contribution is 9.10. The zero-order valence-corrected chi connectivity index (χ0v) is 12.4. The first-order chi connectivity index (χ1) is 8.90. The average Bonchev–Trinajstić information content (AvgIpc) is 2.34. The molecular weight excluding hydrogens is 312 g/mol. The van der Waals surface area contributed by atoms with Gasteiger partial charge in [0.25, 0.3) is 0 Å². The number of carbonyl (C=O) groups excluding carboxylic acids is 1. The Hall–Kier alpha value is -1.40. The lowest BCUT2D eigenvalue weighted by Gasteiger charge is -2.18. The number of aliphatic carboxylic acids is 1. The van der Waals surface area contributed by atoms with Crippen molar-refractivity contribution in [2.75, 3.05) is 6.54 Å². The lowest BCUT2D eigenvalue weighted by Crippen LogP contribution is -2.46. The van der Waals surface area contributed by atoms with Gasteiger partial charge >= 0.3 is 5.97 Å². The van der Waals surface area contributed by atoms with Crippen LogP contribution in [-0.4, -0.2) is 29.6 Å². The van der Waals surface area contributed by atoms with E-state index in [1.165, 1.54) is 6.92 Å². The van der Waals surface area contributed by atoms with Crippen LogP contribution < -0.4 is 10.6 Å². The second kappa shape index (κ2) is 7.25. The van der Waals surface area contributed by atoms with E-state index in [-0.39, 0.29) is 18.5 Å². The Labute approximate surface area is 120 Å². The van der Waals surface area contributed by atoms with Crippen molar-refractivity contribution in [3.63, 3.8) is 0 Å². The van der Waals surface area contributed by atoms with E-state index >= 15 is 0 Å². The van der Waals surface area contributed by atoms with Crippen LogP contribution in [0.25, 0.3) is 0 Å². The fourth-order valence-electron chi connectivity index (χ4n) is 1.61. The van der Waals surface area contributed by atoms with Crippen molar-refractivity contribution in [3.05, 3.63) is 34.3 Å². The molecule has 5 nitrogen and oxygen atoms in total. The number of hydrogen-bond donors (Lipinski definition) is 3. The molecule has 0 fully saturated rings. The van der Waals surface area contributed by atoms with E-state index in [4.69, 9.17) is 5.11 Å². The highest BCUT2D eigenvalue weighted by Crippen LogP contribution is 2.16. The number of nitrogens with one attached hydrogen (secondary N) is 2. The van der Waals surface area contributed by atoms with Crippen LogP contribution in [0.15, 0.2) is 28.7 Å². The predicted octanol–water partition coefficient (Wildman–Crippen LogP) is 1.69. The number of amides is 1. The number of carboxylic acid groups (broad SMARTS) is 1. The predicted molar refractivity (Wildman–Crippen MR) is 75.8 cm³/mol. The zero-order chi connectivity index (χ0) is 14.4. The van der Waals surface area contributed by atoms with Gasteiger partial charge in [-0.2, -0.15) is 0 Å². The Balaban J connectivity index is 2.56. The largest absolute Gasteiger partial charge is 0.480 e. The van der Waals surface area contributed by atoms with Gasteiger partial charge in [-0.1, -0.05) is 28.1 Å². The molecule has 6 heteroatoms. The fourth-order valence-corrected chi connectivity index (χ4v) is 1.87. The molecule has 2 unspecified atom stereocenters. The highest BCUT2D eigenvalue weighted by atomic mass is 79.9. The molecule has 1 rings (SSSR count). The van der Waals surface area contributed by atoms with Crippen LogP contribution in [0.4, 0.5) is 0 Å². The van der Waals surface area contributed by atoms with Gasteiger partial charge in [0, 0.05) is 24.0 Å². The number of carbonyl (C=O) groups is 2. The molecule has 1 aromatic carbocycles. The van der Waals surface area contributed by atoms with Crippen molar-refractivity contribution < 1.29 is 14.7 Å². The van der Waals surface area contributed by atoms with Crippen LogP contribution in [-0.2, 0) is 9.59 Å². The van der Waals surface area contributed by atoms with Gasteiger partial charge in [0.2, 0.25) is 5.91 Å². The number of benzene rings is 1. The summed E-state index contributed by atoms with van der Waals surface area (Å²) in [5, 5.41) is 14.5. The first-order valence-electron chi connectivity index (χ1n) is 5.89. The maximum atomic E-state index is 11.0. The molecule has 0 aromatic heterocycles. The van der Waals surface area contributed by atoms with E-state index in [9.17, 15) is 9.59 Å². The molecule has 0 aliphatic carbocycles. The SMILES string of the molecule is CC(=O)NC(CNC(C)c1ccc(Br)cc1)C(=O)O. The van der Waals surface area contributed by atoms with Crippen LogP contribution in [0, 0.1) is 0 Å². The molecule has 3 N–H and O–H groups in total. The summed E-state index contributed by atoms with van der Waals surface area (Å²) < 4.78 is 0.991. The molecule has 104 valence electrons. The van der Waals surface area contributed by atoms with Gasteiger partial charge in [0.15, 0.2) is 0 Å². The molecule has 0 bridgehead atoms. The third-order valence-corrected chi connectivity index (χ3v) is 3.20. The first kappa shape index (κ1) is 15.7. The molecule has 0 aliphatic rings. The molecule has 0 aliphatic heterocycles. The number of halogens is 1. The van der Waals surface area contributed by atoms with Crippen molar-refractivity contribution in [2.24, 2.45) is 0 Å². The van der Waals surface area contributed by atoms with Crippen LogP contribution >= 0.6 is 15.9 Å². The van der Waals surface area contributed by atoms with Gasteiger partial charge in [-0.25, -0.2) is 4.79 Å². The van der Waals surface area contributed by atoms with E-state index in [1.54, 1.807) is 0 Å². The second-order valence-corrected chi connectivity index (χ2v) is 5.19. The summed E-state index contributed by atoms with van der Waals surface area (Å²) in [6.07, 6.45) is 0. The minimum atomic E-state index is -1.05. The number of hydrogen-bond acceptors (Lipinski definition) is 3. The standard InChI is InChI=1S/C13H17BrN2O3/c1-8(10-3-5-11(14)6-4-10)15-7-12(13(18)19)16-9(2)17/h3-6,8,12,15H,7H2,1-2H3,(H,16,17)(H,18,19). The van der Waals surface area contributed by atoms with E-state index in [0.29, 0.717) is 0 Å². The highest BCUT2D eigenvalue weighted by Gasteiger charge is 2.19. The summed E-state index contributed by atoms with van der Waals surface area (Å²) in [6.45, 7) is 3.41. The molecule has 0 saturated heterocycles. The van der Waals surface area contributed by atoms with Gasteiger partial charge in [-0.15, -0.1) is 0 Å². The monoisotopic (exact) mass is 328 g/mol. The lowest BCUT2D eigenvalue weighted by atomic mass is 10.1. The summed E-state index contributed by atoms with van der Waals surface area (Å²) in [6, 6.07) is 6.84. The summed E-state index contributed by atoms with van der Waals surface area (Å²) in [7, 11) is 0. The molecule has 1 aromatic rings. The van der Waals surface area contributed by atoms with E-state index in [2.05, 4.69) is 26.6 Å². The summed E-state index contributed by atoms with van der Waals surface area (Å²) in [5.74, 6) is -1.41. The normalized spacial score (nSPS) is 13.6. The van der Waals surface area contributed by atoms with Gasteiger partial charge in [-0.05, 0) is 24.6 Å². The zero-order valence-electron chi connectivity index (χ0n) is 10.8. The van der Waals surface area contributed by atoms with Crippen LogP contribution in [0.5, 0.6) is 0 Å². The Morgan fingerprint density at radius 1 is 1.32 bits per heavy atom. The second-order valence-electron chi connectivity index (χ2n) is 4.27. The smallest absolute Gasteiger partial charge is 0.327 e. The topological polar surface area (TPSA) is 78.4 Å². The van der Waals surface area contributed by atoms with E-state index in [1.807, 2.05) is 31.2 Å². The van der Waals surface area contributed by atoms with Crippen molar-refractivity contribution in [1.82, 2.24) is 10.6 Å². The van der Waals surface area contributed by atoms with Gasteiger partial charge in [0.05, 0.1) is 0 Å². The molecule has 0 spiro atoms. The average molecular weight is 329 g/mol. The number of rotatable bonds is 6. The van der Waals surface area contributed by atoms with Crippen LogP contribution in [0.3, 0.4) is 0 Å². The van der Waals surface area contributed by atoms with E-state index in [0.717, 1.165) is 10.0 Å². The van der Waals surface area contributed by atoms with Crippen molar-refractivity contribution >= 4 is 27.8 Å². The van der Waals surface area contributed by atoms with E-state index < -0.39 is 12.0 Å². The summed E-state index contributed by atoms with van der Waals surface area (Å²) in [5.41, 5.74) is 1.05. The Morgan fingerprint density at radius 2 is 1.89 bits per heavy atom. The minimum absolute atomic E-state index is 0.00343. The molecule has 2 atom stereocenters. The van der Waals surface area contributed by atoms with Crippen LogP contribution in [0.1, 0.15) is 25.5 Å². The maximum Gasteiger partial charge on any atom is 0.327 e. The quantitative estimate of drug-likeness (QED) is 0.742. The first-order valence-corrected chi connectivity index (χ1v) is 6.68. The Morgan fingerprint density at radius 3 is 2.37 bits per heavy atom. The van der Waals surface area contributed by atoms with Gasteiger partial charge < -0.3 is 15.7 Å². The van der Waals surface area contributed by atoms with Gasteiger partial charge in [-0.3, -0.25) is 4.79 Å². The Kier molecular flexibility index (Phi) is 5.98. The molecule has 0 radical (unpaired) electrons. The molecule has 1 amide bonds. The van der Waals surface area contributed by atoms with Gasteiger partial charge in [0.1, 0.15) is 6.04 Å². The summed E-state index contributed by atoms with van der Waals surface area (Å²) in [4.78, 5) is 21.9. The lowest BCUT2D eigenvalue weighted by molar-refractivity contribution is -0.141. The molecule has 0 saturated carbocycles. The summed E-state index contributed by atoms with van der Waals surface area (Å²) >= 11 is 3.36. The molecular formula is C13H17BrN2O3. The van der Waals surface area contributed by atoms with Crippen molar-refractivity contribution in [3.8, 4) is 0 Å². The third kappa shape index (κ3) is 5.40. The van der Waals surface area contributed by atoms with Crippen molar-refractivity contribution in [2.45, 2.75) is 25.9 Å². The maximum absolute atomic E-state index is 11.0. The molecule has 19 heavy (non-hydrogen) atoms. The molecule has 0 heterocycles.